The summed E-state index contributed by atoms with van der Waals surface area (Å²) < 4.78 is 0.919. The minimum absolute atomic E-state index is 0.293. The molecular weight excluding hydrogens is 360 g/mol. The smallest absolute Gasteiger partial charge is 0.336 e. The molecule has 0 radical (unpaired) electrons. The monoisotopic (exact) mass is 366 g/mol. The van der Waals surface area contributed by atoms with Crippen molar-refractivity contribution in [2.75, 3.05) is 0 Å². The molecule has 0 aliphatic heterocycles. The van der Waals surface area contributed by atoms with Crippen LogP contribution in [0.4, 0.5) is 0 Å². The normalized spacial score (nSPS) is 10.7. The number of carbonyl (C=O) groups is 1. The molecular formula is C13H7BrN2O2S2. The molecule has 0 aromatic carbocycles. The first kappa shape index (κ1) is 13.4. The van der Waals surface area contributed by atoms with Gasteiger partial charge in [-0.15, -0.1) is 22.7 Å². The Labute approximate surface area is 130 Å². The van der Waals surface area contributed by atoms with Gasteiger partial charge in [-0.3, -0.25) is 4.98 Å². The fraction of sp³-hybridized carbons (Fsp3) is 0. The second-order valence-electron chi connectivity index (χ2n) is 3.90. The average molecular weight is 367 g/mol. The highest BCUT2D eigenvalue weighted by atomic mass is 79.9. The van der Waals surface area contributed by atoms with Crippen molar-refractivity contribution in [3.63, 3.8) is 0 Å². The van der Waals surface area contributed by atoms with Crippen LogP contribution in [0.1, 0.15) is 10.4 Å². The number of aromatic carboxylic acids is 1. The topological polar surface area (TPSA) is 63.1 Å². The Morgan fingerprint density at radius 3 is 2.70 bits per heavy atom. The molecule has 0 bridgehead atoms. The first-order valence-electron chi connectivity index (χ1n) is 5.53. The summed E-state index contributed by atoms with van der Waals surface area (Å²) in [5.41, 5.74) is 1.88. The number of carboxylic acid groups (broad SMARTS) is 1. The van der Waals surface area contributed by atoms with Gasteiger partial charge in [-0.25, -0.2) is 9.78 Å². The van der Waals surface area contributed by atoms with Crippen LogP contribution in [0.3, 0.4) is 0 Å². The standard InChI is InChI=1S/C13H7BrN2O2S2/c14-8-1-2-9(15-4-8)12-16-10(6-20-12)11-3-7(5-19-11)13(17)18/h1-6H,(H,17,18). The van der Waals surface area contributed by atoms with Gasteiger partial charge < -0.3 is 5.11 Å². The minimum atomic E-state index is -0.919. The molecule has 0 saturated heterocycles. The predicted octanol–water partition coefficient (Wildman–Crippen LogP) is 4.39. The molecule has 3 heterocycles. The summed E-state index contributed by atoms with van der Waals surface area (Å²) in [6, 6.07) is 5.45. The van der Waals surface area contributed by atoms with E-state index in [9.17, 15) is 4.79 Å². The van der Waals surface area contributed by atoms with Crippen LogP contribution in [0.5, 0.6) is 0 Å². The van der Waals surface area contributed by atoms with E-state index in [1.54, 1.807) is 17.6 Å². The zero-order valence-corrected chi connectivity index (χ0v) is 13.1. The van der Waals surface area contributed by atoms with Gasteiger partial charge in [0.15, 0.2) is 0 Å². The number of hydrogen-bond acceptors (Lipinski definition) is 5. The fourth-order valence-corrected chi connectivity index (χ4v) is 3.54. The summed E-state index contributed by atoms with van der Waals surface area (Å²) in [5.74, 6) is -0.919. The number of aromatic nitrogens is 2. The van der Waals surface area contributed by atoms with Gasteiger partial charge in [0.1, 0.15) is 5.01 Å². The minimum Gasteiger partial charge on any atom is -0.478 e. The van der Waals surface area contributed by atoms with Crippen molar-refractivity contribution in [1.82, 2.24) is 9.97 Å². The molecule has 0 atom stereocenters. The molecule has 0 amide bonds. The highest BCUT2D eigenvalue weighted by molar-refractivity contribution is 9.10. The van der Waals surface area contributed by atoms with Gasteiger partial charge in [0.25, 0.3) is 0 Å². The number of pyridine rings is 1. The van der Waals surface area contributed by atoms with Crippen molar-refractivity contribution in [3.05, 3.63) is 45.2 Å². The molecule has 100 valence electrons. The van der Waals surface area contributed by atoms with Crippen molar-refractivity contribution in [1.29, 1.82) is 0 Å². The molecule has 4 nitrogen and oxygen atoms in total. The van der Waals surface area contributed by atoms with Crippen LogP contribution in [0.15, 0.2) is 39.6 Å². The number of nitrogens with zero attached hydrogens (tertiary/aromatic N) is 2. The van der Waals surface area contributed by atoms with Gasteiger partial charge in [0.05, 0.1) is 21.8 Å². The van der Waals surface area contributed by atoms with E-state index >= 15 is 0 Å². The predicted molar refractivity (Wildman–Crippen MR) is 83.3 cm³/mol. The molecule has 20 heavy (non-hydrogen) atoms. The van der Waals surface area contributed by atoms with Crippen molar-refractivity contribution in [3.8, 4) is 21.3 Å². The number of hydrogen-bond donors (Lipinski definition) is 1. The summed E-state index contributed by atoms with van der Waals surface area (Å²) in [5, 5.41) is 13.3. The van der Waals surface area contributed by atoms with Crippen molar-refractivity contribution < 1.29 is 9.90 Å². The van der Waals surface area contributed by atoms with Crippen LogP contribution in [-0.4, -0.2) is 21.0 Å². The largest absolute Gasteiger partial charge is 0.478 e. The highest BCUT2D eigenvalue weighted by Gasteiger charge is 2.12. The van der Waals surface area contributed by atoms with Crippen LogP contribution in [-0.2, 0) is 0 Å². The molecule has 7 heteroatoms. The van der Waals surface area contributed by atoms with Crippen molar-refractivity contribution in [2.24, 2.45) is 0 Å². The van der Waals surface area contributed by atoms with E-state index < -0.39 is 5.97 Å². The Bertz CT molecular complexity index is 765. The molecule has 3 aromatic rings. The zero-order chi connectivity index (χ0) is 14.1. The summed E-state index contributed by atoms with van der Waals surface area (Å²) in [6.45, 7) is 0. The van der Waals surface area contributed by atoms with Gasteiger partial charge in [0.2, 0.25) is 0 Å². The van der Waals surface area contributed by atoms with Gasteiger partial charge in [-0.05, 0) is 34.1 Å². The molecule has 0 aliphatic rings. The third-order valence-corrected chi connectivity index (χ3v) is 4.84. The molecule has 0 spiro atoms. The van der Waals surface area contributed by atoms with Gasteiger partial charge in [0, 0.05) is 21.4 Å². The molecule has 0 aliphatic carbocycles. The first-order valence-corrected chi connectivity index (χ1v) is 8.08. The van der Waals surface area contributed by atoms with Crippen LogP contribution in [0.2, 0.25) is 0 Å². The third kappa shape index (κ3) is 2.65. The van der Waals surface area contributed by atoms with Gasteiger partial charge in [-0.2, -0.15) is 0 Å². The van der Waals surface area contributed by atoms with Gasteiger partial charge in [-0.1, -0.05) is 0 Å². The average Bonchev–Trinajstić information content (AvgIpc) is 3.08. The zero-order valence-electron chi connectivity index (χ0n) is 9.91. The van der Waals surface area contributed by atoms with E-state index in [0.717, 1.165) is 25.7 Å². The quantitative estimate of drug-likeness (QED) is 0.746. The lowest BCUT2D eigenvalue weighted by molar-refractivity contribution is 0.0697. The lowest BCUT2D eigenvalue weighted by Gasteiger charge is -1.94. The molecule has 3 rings (SSSR count). The first-order chi connectivity index (χ1) is 9.63. The maximum atomic E-state index is 10.9. The number of rotatable bonds is 3. The number of thiophene rings is 1. The second-order valence-corrected chi connectivity index (χ2v) is 6.59. The Kier molecular flexibility index (Phi) is 3.64. The summed E-state index contributed by atoms with van der Waals surface area (Å²) in [4.78, 5) is 20.5. The number of thiazole rings is 1. The molecule has 0 fully saturated rings. The molecule has 0 saturated carbocycles. The summed E-state index contributed by atoms with van der Waals surface area (Å²) in [7, 11) is 0. The van der Waals surface area contributed by atoms with Crippen LogP contribution >= 0.6 is 38.6 Å². The van der Waals surface area contributed by atoms with E-state index in [4.69, 9.17) is 5.11 Å². The lowest BCUT2D eigenvalue weighted by atomic mass is 10.3. The van der Waals surface area contributed by atoms with E-state index in [1.807, 2.05) is 17.5 Å². The number of halogens is 1. The Morgan fingerprint density at radius 2 is 2.05 bits per heavy atom. The van der Waals surface area contributed by atoms with Crippen molar-refractivity contribution >= 4 is 44.6 Å². The third-order valence-electron chi connectivity index (χ3n) is 2.55. The summed E-state index contributed by atoms with van der Waals surface area (Å²) >= 11 is 6.21. The maximum Gasteiger partial charge on any atom is 0.336 e. The second kappa shape index (κ2) is 5.43. The number of carboxylic acids is 1. The van der Waals surface area contributed by atoms with E-state index in [1.165, 1.54) is 22.7 Å². The molecule has 1 N–H and O–H groups in total. The van der Waals surface area contributed by atoms with Crippen LogP contribution in [0, 0.1) is 0 Å². The van der Waals surface area contributed by atoms with E-state index in [2.05, 4.69) is 25.9 Å². The fourth-order valence-electron chi connectivity index (χ4n) is 1.59. The summed E-state index contributed by atoms with van der Waals surface area (Å²) in [6.07, 6.45) is 1.73. The maximum absolute atomic E-state index is 10.9. The highest BCUT2D eigenvalue weighted by Crippen LogP contribution is 2.31. The van der Waals surface area contributed by atoms with E-state index in [-0.39, 0.29) is 0 Å². The van der Waals surface area contributed by atoms with E-state index in [0.29, 0.717) is 5.56 Å². The molecule has 3 aromatic heterocycles. The SMILES string of the molecule is O=C(O)c1csc(-c2csc(-c3ccc(Br)cn3)n2)c1. The molecule has 0 unspecified atom stereocenters. The van der Waals surface area contributed by atoms with Crippen LogP contribution < -0.4 is 0 Å². The Hall–Kier alpha value is -1.57. The lowest BCUT2D eigenvalue weighted by Crippen LogP contribution is -1.91. The Morgan fingerprint density at radius 1 is 1.20 bits per heavy atom. The van der Waals surface area contributed by atoms with Crippen LogP contribution in [0.25, 0.3) is 21.3 Å². The Balaban J connectivity index is 1.93. The van der Waals surface area contributed by atoms with Gasteiger partial charge >= 0.3 is 5.97 Å². The van der Waals surface area contributed by atoms with Crippen molar-refractivity contribution in [2.45, 2.75) is 0 Å².